The van der Waals surface area contributed by atoms with Crippen LogP contribution in [0.3, 0.4) is 0 Å². The summed E-state index contributed by atoms with van der Waals surface area (Å²) in [6.45, 7) is 5.85. The molecule has 0 aromatic carbocycles. The summed E-state index contributed by atoms with van der Waals surface area (Å²) in [5, 5.41) is 47.7. The van der Waals surface area contributed by atoms with Crippen LogP contribution in [0.5, 0.6) is 0 Å². The van der Waals surface area contributed by atoms with Gasteiger partial charge in [-0.25, -0.2) is 4.79 Å². The first-order valence-electron chi connectivity index (χ1n) is 17.1. The second-order valence-electron chi connectivity index (χ2n) is 13.7. The molecule has 2 saturated heterocycles. The van der Waals surface area contributed by atoms with Crippen LogP contribution in [0.1, 0.15) is 72.6 Å². The van der Waals surface area contributed by atoms with Gasteiger partial charge >= 0.3 is 17.9 Å². The van der Waals surface area contributed by atoms with Gasteiger partial charge in [0.25, 0.3) is 0 Å². The number of nitrogens with zero attached hydrogens (tertiary/aromatic N) is 2. The van der Waals surface area contributed by atoms with Crippen molar-refractivity contribution < 1.29 is 63.6 Å². The van der Waals surface area contributed by atoms with E-state index in [-0.39, 0.29) is 44.2 Å². The zero-order valence-electron chi connectivity index (χ0n) is 29.7. The quantitative estimate of drug-likeness (QED) is 0.0636. The van der Waals surface area contributed by atoms with Crippen LogP contribution in [0.4, 0.5) is 0 Å². The largest absolute Gasteiger partial charge is 0.481 e. The Morgan fingerprint density at radius 3 is 1.54 bits per heavy atom. The Kier molecular flexibility index (Phi) is 16.4. The standard InChI is InChI=1S/C32H51N7O13/c1-15(2)11-17(26(45)35-18(12-23(41)42)31(50)39-10-6-8-22(39)32(51)52)34-27(46)20(14-40)37-28(47)21-7-5-9-38(21)30(49)19(13-24(43)44)36-29(48)25(33)16(3)4/h15-22,25,40H,5-14,33H2,1-4H3,(H,34,46)(H,35,45)(H,36,48)(H,37,47)(H,41,42)(H,43,44)(H,51,52)/t17-,18-,19-,20-,21-,22-,25-/m0/s1. The van der Waals surface area contributed by atoms with Gasteiger partial charge in [-0.15, -0.1) is 0 Å². The van der Waals surface area contributed by atoms with Crippen LogP contribution in [-0.2, 0) is 43.2 Å². The van der Waals surface area contributed by atoms with Gasteiger partial charge in [-0.3, -0.25) is 38.4 Å². The zero-order chi connectivity index (χ0) is 39.4. The van der Waals surface area contributed by atoms with Crippen molar-refractivity contribution in [3.8, 4) is 0 Å². The lowest BCUT2D eigenvalue weighted by Crippen LogP contribution is -2.60. The lowest BCUT2D eigenvalue weighted by molar-refractivity contribution is -0.150. The molecule has 0 spiro atoms. The number of hydrogen-bond acceptors (Lipinski definition) is 11. The summed E-state index contributed by atoms with van der Waals surface area (Å²) in [5.74, 6) is -10.1. The first kappa shape index (κ1) is 43.3. The lowest BCUT2D eigenvalue weighted by Gasteiger charge is -2.30. The van der Waals surface area contributed by atoms with E-state index in [9.17, 15) is 63.6 Å². The number of likely N-dealkylation sites (tertiary alicyclic amines) is 2. The molecule has 0 saturated carbocycles. The molecule has 0 aromatic rings. The summed E-state index contributed by atoms with van der Waals surface area (Å²) in [7, 11) is 0. The third-order valence-electron chi connectivity index (χ3n) is 8.82. The summed E-state index contributed by atoms with van der Waals surface area (Å²) >= 11 is 0. The molecule has 0 bridgehead atoms. The highest BCUT2D eigenvalue weighted by molar-refractivity contribution is 5.98. The van der Waals surface area contributed by atoms with E-state index < -0.39 is 115 Å². The predicted octanol–water partition coefficient (Wildman–Crippen LogP) is -3.04. The molecule has 2 fully saturated rings. The second-order valence-corrected chi connectivity index (χ2v) is 13.7. The van der Waals surface area contributed by atoms with Gasteiger partial charge in [-0.05, 0) is 43.9 Å². The van der Waals surface area contributed by atoms with Crippen molar-refractivity contribution in [1.82, 2.24) is 31.1 Å². The molecule has 292 valence electrons. The normalized spacial score (nSPS) is 20.0. The van der Waals surface area contributed by atoms with E-state index >= 15 is 0 Å². The fourth-order valence-electron chi connectivity index (χ4n) is 6.02. The van der Waals surface area contributed by atoms with Crippen LogP contribution in [0, 0.1) is 11.8 Å². The van der Waals surface area contributed by atoms with Gasteiger partial charge in [0.05, 0.1) is 25.5 Å². The van der Waals surface area contributed by atoms with E-state index in [1.165, 1.54) is 0 Å². The molecule has 0 aromatic heterocycles. The van der Waals surface area contributed by atoms with Crippen molar-refractivity contribution in [3.63, 3.8) is 0 Å². The number of carbonyl (C=O) groups is 9. The second kappa shape index (κ2) is 19.7. The molecule has 2 heterocycles. The topological polar surface area (TPSA) is 315 Å². The van der Waals surface area contributed by atoms with Crippen LogP contribution in [0.2, 0.25) is 0 Å². The Morgan fingerprint density at radius 2 is 1.10 bits per heavy atom. The summed E-state index contributed by atoms with van der Waals surface area (Å²) in [5.41, 5.74) is 5.85. The monoisotopic (exact) mass is 741 g/mol. The van der Waals surface area contributed by atoms with E-state index in [1.807, 2.05) is 0 Å². The number of amides is 6. The van der Waals surface area contributed by atoms with E-state index in [2.05, 4.69) is 21.3 Å². The molecule has 20 nitrogen and oxygen atoms in total. The highest BCUT2D eigenvalue weighted by Gasteiger charge is 2.41. The molecule has 0 aliphatic carbocycles. The molecule has 10 N–H and O–H groups in total. The van der Waals surface area contributed by atoms with Gasteiger partial charge < -0.3 is 57.2 Å². The first-order chi connectivity index (χ1) is 24.3. The van der Waals surface area contributed by atoms with E-state index in [0.717, 1.165) is 9.80 Å². The Balaban J connectivity index is 2.20. The van der Waals surface area contributed by atoms with Gasteiger partial charge in [0.15, 0.2) is 0 Å². The number of aliphatic carboxylic acids is 3. The fraction of sp³-hybridized carbons (Fsp3) is 0.719. The number of aliphatic hydroxyl groups excluding tert-OH is 1. The number of nitrogens with one attached hydrogen (secondary N) is 4. The Hall–Kier alpha value is -4.85. The molecule has 20 heteroatoms. The third kappa shape index (κ3) is 12.1. The Morgan fingerprint density at radius 1 is 0.654 bits per heavy atom. The third-order valence-corrected chi connectivity index (χ3v) is 8.82. The Bertz CT molecular complexity index is 1370. The number of carbonyl (C=O) groups excluding carboxylic acids is 6. The van der Waals surface area contributed by atoms with Gasteiger partial charge in [-0.1, -0.05) is 27.7 Å². The molecule has 2 aliphatic rings. The molecule has 6 amide bonds. The fourth-order valence-corrected chi connectivity index (χ4v) is 6.02. The lowest BCUT2D eigenvalue weighted by atomic mass is 10.0. The van der Waals surface area contributed by atoms with Crippen molar-refractivity contribution in [2.75, 3.05) is 19.7 Å². The highest BCUT2D eigenvalue weighted by atomic mass is 16.4. The zero-order valence-corrected chi connectivity index (χ0v) is 29.7. The van der Waals surface area contributed by atoms with Gasteiger partial charge in [0, 0.05) is 13.1 Å². The number of nitrogens with two attached hydrogens (primary N) is 1. The number of hydrogen-bond donors (Lipinski definition) is 9. The average molecular weight is 742 g/mol. The van der Waals surface area contributed by atoms with Crippen LogP contribution in [0.25, 0.3) is 0 Å². The first-order valence-corrected chi connectivity index (χ1v) is 17.1. The maximum absolute atomic E-state index is 13.4. The van der Waals surface area contributed by atoms with Crippen molar-refractivity contribution >= 4 is 53.4 Å². The molecular formula is C32H51N7O13. The van der Waals surface area contributed by atoms with Crippen molar-refractivity contribution in [3.05, 3.63) is 0 Å². The summed E-state index contributed by atoms with van der Waals surface area (Å²) in [6.07, 6.45) is -0.767. The van der Waals surface area contributed by atoms with Crippen molar-refractivity contribution in [2.24, 2.45) is 17.6 Å². The van der Waals surface area contributed by atoms with Crippen LogP contribution in [-0.4, -0.2) is 146 Å². The molecule has 2 rings (SSSR count). The molecular weight excluding hydrogens is 690 g/mol. The van der Waals surface area contributed by atoms with Crippen molar-refractivity contribution in [1.29, 1.82) is 0 Å². The highest BCUT2D eigenvalue weighted by Crippen LogP contribution is 2.21. The maximum atomic E-state index is 13.4. The van der Waals surface area contributed by atoms with Gasteiger partial charge in [-0.2, -0.15) is 0 Å². The van der Waals surface area contributed by atoms with Gasteiger partial charge in [0.2, 0.25) is 35.4 Å². The molecule has 0 unspecified atom stereocenters. The minimum absolute atomic E-state index is 0.0205. The molecule has 2 aliphatic heterocycles. The number of aliphatic hydroxyl groups is 1. The van der Waals surface area contributed by atoms with Crippen molar-refractivity contribution in [2.45, 2.75) is 115 Å². The maximum Gasteiger partial charge on any atom is 0.326 e. The van der Waals surface area contributed by atoms with E-state index in [4.69, 9.17) is 5.73 Å². The number of rotatable bonds is 19. The van der Waals surface area contributed by atoms with E-state index in [1.54, 1.807) is 27.7 Å². The smallest absolute Gasteiger partial charge is 0.326 e. The van der Waals surface area contributed by atoms with Gasteiger partial charge in [0.1, 0.15) is 36.3 Å². The SMILES string of the molecule is CC(C)C[C@H](NC(=O)[C@H](CO)NC(=O)[C@@H]1CCCN1C(=O)[C@H](CC(=O)O)NC(=O)[C@@H](N)C(C)C)C(=O)N[C@@H](CC(=O)O)C(=O)N1CCC[C@H]1C(=O)O. The molecule has 0 radical (unpaired) electrons. The minimum Gasteiger partial charge on any atom is -0.481 e. The van der Waals surface area contributed by atoms with Crippen LogP contribution >= 0.6 is 0 Å². The Labute approximate surface area is 300 Å². The number of carboxylic acid groups (broad SMARTS) is 3. The molecule has 7 atom stereocenters. The molecule has 52 heavy (non-hydrogen) atoms. The predicted molar refractivity (Wildman–Crippen MR) is 179 cm³/mol. The number of carboxylic acids is 3. The summed E-state index contributed by atoms with van der Waals surface area (Å²) < 4.78 is 0. The van der Waals surface area contributed by atoms with Crippen LogP contribution < -0.4 is 27.0 Å². The summed E-state index contributed by atoms with van der Waals surface area (Å²) in [4.78, 5) is 116. The summed E-state index contributed by atoms with van der Waals surface area (Å²) in [6, 6.07) is -9.69. The average Bonchev–Trinajstić information content (AvgIpc) is 3.75. The van der Waals surface area contributed by atoms with E-state index in [0.29, 0.717) is 12.8 Å². The van der Waals surface area contributed by atoms with Crippen LogP contribution in [0.15, 0.2) is 0 Å². The minimum atomic E-state index is -1.66.